The van der Waals surface area contributed by atoms with Gasteiger partial charge in [0.1, 0.15) is 5.04 Å². The normalized spacial score (nSPS) is 19.1. The van der Waals surface area contributed by atoms with E-state index in [-0.39, 0.29) is 0 Å². The van der Waals surface area contributed by atoms with E-state index in [0.29, 0.717) is 0 Å². The predicted molar refractivity (Wildman–Crippen MR) is 69.2 cm³/mol. The van der Waals surface area contributed by atoms with Crippen molar-refractivity contribution in [1.82, 2.24) is 4.90 Å². The first kappa shape index (κ1) is 11.7. The number of ether oxygens (including phenoxy) is 1. The smallest absolute Gasteiger partial charge is 0.160 e. The van der Waals surface area contributed by atoms with E-state index in [1.165, 1.54) is 0 Å². The standard InChI is InChI=1S/C11H17N3OS/c1-15-7-3-4-9-8-14-6-5-12-10(14)11(13-9)16-2/h8H,3-7H2,1-2H3. The Morgan fingerprint density at radius 1 is 1.56 bits per heavy atom. The van der Waals surface area contributed by atoms with Crippen molar-refractivity contribution in [1.29, 1.82) is 0 Å². The predicted octanol–water partition coefficient (Wildman–Crippen LogP) is 1.74. The number of hydrogen-bond acceptors (Lipinski definition) is 5. The molecule has 2 aliphatic rings. The molecule has 0 aromatic rings. The molecule has 4 nitrogen and oxygen atoms in total. The molecule has 2 aliphatic heterocycles. The molecule has 0 atom stereocenters. The molecule has 0 aliphatic carbocycles. The lowest BCUT2D eigenvalue weighted by molar-refractivity contribution is 0.195. The van der Waals surface area contributed by atoms with E-state index >= 15 is 0 Å². The summed E-state index contributed by atoms with van der Waals surface area (Å²) in [7, 11) is 1.73. The van der Waals surface area contributed by atoms with Crippen LogP contribution in [0, 0.1) is 0 Å². The van der Waals surface area contributed by atoms with Crippen LogP contribution in [0.3, 0.4) is 0 Å². The second kappa shape index (κ2) is 5.50. The number of methoxy groups -OCH3 is 1. The van der Waals surface area contributed by atoms with Crippen molar-refractivity contribution in [3.63, 3.8) is 0 Å². The highest BCUT2D eigenvalue weighted by Gasteiger charge is 2.24. The SMILES string of the molecule is COCCCC1=CN2CCN=C2C(SC)=N1. The number of aliphatic imine (C=N–C) groups is 2. The zero-order valence-electron chi connectivity index (χ0n) is 9.77. The molecule has 0 N–H and O–H groups in total. The molecule has 16 heavy (non-hydrogen) atoms. The molecular formula is C11H17N3OS. The Morgan fingerprint density at radius 2 is 2.44 bits per heavy atom. The maximum Gasteiger partial charge on any atom is 0.160 e. The Kier molecular flexibility index (Phi) is 4.01. The number of hydrogen-bond donors (Lipinski definition) is 0. The Morgan fingerprint density at radius 3 is 3.19 bits per heavy atom. The van der Waals surface area contributed by atoms with Crippen LogP contribution in [-0.2, 0) is 4.74 Å². The van der Waals surface area contributed by atoms with Gasteiger partial charge in [-0.05, 0) is 19.1 Å². The van der Waals surface area contributed by atoms with E-state index < -0.39 is 0 Å². The topological polar surface area (TPSA) is 37.2 Å². The molecule has 0 saturated heterocycles. The van der Waals surface area contributed by atoms with Gasteiger partial charge >= 0.3 is 0 Å². The highest BCUT2D eigenvalue weighted by molar-refractivity contribution is 8.15. The number of rotatable bonds is 4. The average molecular weight is 239 g/mol. The summed E-state index contributed by atoms with van der Waals surface area (Å²) in [5, 5.41) is 1.05. The van der Waals surface area contributed by atoms with Crippen molar-refractivity contribution in [2.75, 3.05) is 33.1 Å². The molecule has 0 saturated carbocycles. The van der Waals surface area contributed by atoms with Crippen molar-refractivity contribution >= 4 is 22.6 Å². The molecule has 2 rings (SSSR count). The fourth-order valence-corrected chi connectivity index (χ4v) is 2.39. The van der Waals surface area contributed by atoms with Crippen molar-refractivity contribution in [2.24, 2.45) is 9.98 Å². The first-order valence-electron chi connectivity index (χ1n) is 5.49. The summed E-state index contributed by atoms with van der Waals surface area (Å²) in [6.07, 6.45) is 6.17. The molecule has 0 aromatic carbocycles. The van der Waals surface area contributed by atoms with Crippen LogP contribution in [0.25, 0.3) is 0 Å². The Balaban J connectivity index is 2.04. The van der Waals surface area contributed by atoms with Crippen molar-refractivity contribution in [2.45, 2.75) is 12.8 Å². The van der Waals surface area contributed by atoms with Gasteiger partial charge in [-0.1, -0.05) is 0 Å². The van der Waals surface area contributed by atoms with Crippen LogP contribution in [0.1, 0.15) is 12.8 Å². The third kappa shape index (κ3) is 2.47. The maximum absolute atomic E-state index is 5.05. The quantitative estimate of drug-likeness (QED) is 0.701. The van der Waals surface area contributed by atoms with Gasteiger partial charge in [-0.15, -0.1) is 11.8 Å². The average Bonchev–Trinajstić information content (AvgIpc) is 2.76. The minimum atomic E-state index is 0.794. The van der Waals surface area contributed by atoms with Crippen LogP contribution in [0.2, 0.25) is 0 Å². The molecule has 0 radical (unpaired) electrons. The van der Waals surface area contributed by atoms with Crippen LogP contribution in [0.15, 0.2) is 21.9 Å². The van der Waals surface area contributed by atoms with E-state index in [4.69, 9.17) is 4.74 Å². The molecule has 0 amide bonds. The summed E-state index contributed by atoms with van der Waals surface area (Å²) < 4.78 is 5.05. The third-order valence-corrected chi connectivity index (χ3v) is 3.25. The lowest BCUT2D eigenvalue weighted by atomic mass is 10.2. The van der Waals surface area contributed by atoms with Gasteiger partial charge in [0.2, 0.25) is 0 Å². The van der Waals surface area contributed by atoms with Crippen molar-refractivity contribution in [3.05, 3.63) is 11.9 Å². The van der Waals surface area contributed by atoms with E-state index in [1.807, 2.05) is 0 Å². The summed E-state index contributed by atoms with van der Waals surface area (Å²) in [6, 6.07) is 0. The van der Waals surface area contributed by atoms with Gasteiger partial charge < -0.3 is 9.64 Å². The van der Waals surface area contributed by atoms with Gasteiger partial charge in [0.25, 0.3) is 0 Å². The molecule has 0 bridgehead atoms. The number of thioether (sulfide) groups is 1. The highest BCUT2D eigenvalue weighted by Crippen LogP contribution is 2.21. The fourth-order valence-electron chi connectivity index (χ4n) is 1.82. The van der Waals surface area contributed by atoms with Crippen molar-refractivity contribution in [3.8, 4) is 0 Å². The molecule has 0 fully saturated rings. The minimum absolute atomic E-state index is 0.794. The number of amidine groups is 1. The summed E-state index contributed by atoms with van der Waals surface area (Å²) in [5.74, 6) is 1.04. The first-order valence-corrected chi connectivity index (χ1v) is 6.71. The first-order chi connectivity index (χ1) is 7.85. The summed E-state index contributed by atoms with van der Waals surface area (Å²) in [6.45, 7) is 2.67. The van der Waals surface area contributed by atoms with Gasteiger partial charge in [0.05, 0.1) is 12.2 Å². The minimum Gasteiger partial charge on any atom is -0.385 e. The highest BCUT2D eigenvalue weighted by atomic mass is 32.2. The summed E-state index contributed by atoms with van der Waals surface area (Å²) in [5.41, 5.74) is 1.14. The van der Waals surface area contributed by atoms with Gasteiger partial charge in [0, 0.05) is 26.5 Å². The van der Waals surface area contributed by atoms with Crippen LogP contribution in [-0.4, -0.2) is 48.8 Å². The molecule has 88 valence electrons. The van der Waals surface area contributed by atoms with Gasteiger partial charge in [-0.3, -0.25) is 4.99 Å². The second-order valence-corrected chi connectivity index (χ2v) is 4.53. The molecule has 0 unspecified atom stereocenters. The van der Waals surface area contributed by atoms with Crippen LogP contribution in [0.4, 0.5) is 0 Å². The lowest BCUT2D eigenvalue weighted by Gasteiger charge is -2.22. The van der Waals surface area contributed by atoms with E-state index in [9.17, 15) is 0 Å². The van der Waals surface area contributed by atoms with Gasteiger partial charge in [0.15, 0.2) is 5.84 Å². The molecule has 2 heterocycles. The van der Waals surface area contributed by atoms with Gasteiger partial charge in [-0.25, -0.2) is 4.99 Å². The third-order valence-electron chi connectivity index (χ3n) is 2.59. The molecule has 0 aromatic heterocycles. The number of nitrogens with zero attached hydrogens (tertiary/aromatic N) is 3. The maximum atomic E-state index is 5.05. The van der Waals surface area contributed by atoms with Crippen LogP contribution >= 0.6 is 11.8 Å². The van der Waals surface area contributed by atoms with Crippen LogP contribution in [0.5, 0.6) is 0 Å². The molecule has 5 heteroatoms. The molecule has 0 spiro atoms. The lowest BCUT2D eigenvalue weighted by Crippen LogP contribution is -2.30. The zero-order valence-corrected chi connectivity index (χ0v) is 10.6. The Hall–Kier alpha value is -0.810. The fraction of sp³-hybridized carbons (Fsp3) is 0.636. The second-order valence-electron chi connectivity index (χ2n) is 3.74. The van der Waals surface area contributed by atoms with Crippen LogP contribution < -0.4 is 0 Å². The molecular weight excluding hydrogens is 222 g/mol. The van der Waals surface area contributed by atoms with E-state index in [1.54, 1.807) is 18.9 Å². The summed E-state index contributed by atoms with van der Waals surface area (Å²) >= 11 is 1.67. The van der Waals surface area contributed by atoms with E-state index in [0.717, 1.165) is 49.1 Å². The number of fused-ring (bicyclic) bond motifs is 1. The van der Waals surface area contributed by atoms with E-state index in [2.05, 4.69) is 27.3 Å². The monoisotopic (exact) mass is 239 g/mol. The number of allylic oxidation sites excluding steroid dienone is 1. The van der Waals surface area contributed by atoms with Gasteiger partial charge in [-0.2, -0.15) is 0 Å². The Bertz CT molecular complexity index is 349. The summed E-state index contributed by atoms with van der Waals surface area (Å²) in [4.78, 5) is 11.3. The Labute approximate surface area is 100 Å². The zero-order chi connectivity index (χ0) is 11.4. The van der Waals surface area contributed by atoms with Crippen molar-refractivity contribution < 1.29 is 4.74 Å². The largest absolute Gasteiger partial charge is 0.385 e.